The summed E-state index contributed by atoms with van der Waals surface area (Å²) >= 11 is 0. The lowest BCUT2D eigenvalue weighted by Crippen LogP contribution is -2.33. The summed E-state index contributed by atoms with van der Waals surface area (Å²) in [5, 5.41) is 10.3. The van der Waals surface area contributed by atoms with Gasteiger partial charge in [-0.15, -0.1) is 0 Å². The molecule has 0 aromatic carbocycles. The smallest absolute Gasteiger partial charge is 0.262 e. The van der Waals surface area contributed by atoms with Crippen molar-refractivity contribution in [2.75, 3.05) is 13.1 Å². The van der Waals surface area contributed by atoms with Crippen LogP contribution in [0.15, 0.2) is 17.2 Å². The monoisotopic (exact) mass is 312 g/mol. The van der Waals surface area contributed by atoms with Gasteiger partial charge in [0.05, 0.1) is 0 Å². The molecule has 0 saturated heterocycles. The van der Waals surface area contributed by atoms with Crippen LogP contribution in [0.1, 0.15) is 37.9 Å². The summed E-state index contributed by atoms with van der Waals surface area (Å²) in [6.07, 6.45) is 2.32. The normalized spacial score (nSPS) is 15.6. The number of hydrogen-bond donors (Lipinski definition) is 2. The highest BCUT2D eigenvalue weighted by molar-refractivity contribution is 7.89. The zero-order valence-corrected chi connectivity index (χ0v) is 13.8. The highest BCUT2D eigenvalue weighted by Gasteiger charge is 2.30. The van der Waals surface area contributed by atoms with E-state index in [1.54, 1.807) is 0 Å². The molecule has 1 heterocycles. The Kier molecular flexibility index (Phi) is 4.85. The molecule has 118 valence electrons. The van der Waals surface area contributed by atoms with Crippen LogP contribution in [0.5, 0.6) is 0 Å². The average molecular weight is 312 g/mol. The van der Waals surface area contributed by atoms with Crippen LogP contribution in [0.2, 0.25) is 0 Å². The van der Waals surface area contributed by atoms with E-state index in [1.807, 2.05) is 20.8 Å². The van der Waals surface area contributed by atoms with Crippen molar-refractivity contribution in [2.24, 2.45) is 0 Å². The van der Waals surface area contributed by atoms with Gasteiger partial charge in [-0.3, -0.25) is 5.10 Å². The van der Waals surface area contributed by atoms with Crippen molar-refractivity contribution in [3.8, 4) is 0 Å². The number of aromatic nitrogens is 2. The molecular formula is C14H24N4O2S. The number of likely N-dealkylation sites (N-methyl/N-ethyl adjacent to an activating group) is 1. The summed E-state index contributed by atoms with van der Waals surface area (Å²) < 4.78 is 26.9. The Labute approximate surface area is 126 Å². The Morgan fingerprint density at radius 2 is 2.19 bits per heavy atom. The number of aromatic amines is 1. The van der Waals surface area contributed by atoms with Gasteiger partial charge in [-0.05, 0) is 26.7 Å². The van der Waals surface area contributed by atoms with Crippen LogP contribution >= 0.6 is 0 Å². The fourth-order valence-corrected chi connectivity index (χ4v) is 3.85. The molecule has 1 saturated carbocycles. The molecule has 2 N–H and O–H groups in total. The first-order valence-corrected chi connectivity index (χ1v) is 8.72. The van der Waals surface area contributed by atoms with E-state index in [4.69, 9.17) is 0 Å². The number of H-pyrrole nitrogens is 1. The molecule has 0 bridgehead atoms. The third-order valence-corrected chi connectivity index (χ3v) is 5.46. The molecule has 7 heteroatoms. The molecule has 1 aliphatic rings. The van der Waals surface area contributed by atoms with Gasteiger partial charge in [-0.25, -0.2) is 8.42 Å². The molecule has 2 rings (SSSR count). The van der Waals surface area contributed by atoms with Crippen molar-refractivity contribution in [3.05, 3.63) is 23.4 Å². The lowest BCUT2D eigenvalue weighted by atomic mass is 10.2. The Balaban J connectivity index is 2.27. The van der Waals surface area contributed by atoms with E-state index in [-0.39, 0.29) is 5.03 Å². The number of sulfonamides is 1. The van der Waals surface area contributed by atoms with Gasteiger partial charge in [0.15, 0.2) is 5.03 Å². The van der Waals surface area contributed by atoms with Gasteiger partial charge in [0.2, 0.25) is 0 Å². The van der Waals surface area contributed by atoms with E-state index in [9.17, 15) is 8.42 Å². The lowest BCUT2D eigenvalue weighted by molar-refractivity contribution is 0.449. The van der Waals surface area contributed by atoms with Crippen molar-refractivity contribution in [1.82, 2.24) is 19.8 Å². The van der Waals surface area contributed by atoms with Crippen molar-refractivity contribution in [1.29, 1.82) is 0 Å². The fraction of sp³-hybridized carbons (Fsp3) is 0.643. The molecule has 0 spiro atoms. The number of hydrogen-bond acceptors (Lipinski definition) is 4. The van der Waals surface area contributed by atoms with E-state index in [2.05, 4.69) is 22.1 Å². The quantitative estimate of drug-likeness (QED) is 0.714. The van der Waals surface area contributed by atoms with Crippen molar-refractivity contribution in [2.45, 2.75) is 51.2 Å². The summed E-state index contributed by atoms with van der Waals surface area (Å²) in [6.45, 7) is 10.5. The molecule has 1 aromatic heterocycles. The summed E-state index contributed by atoms with van der Waals surface area (Å²) in [5.74, 6) is 0. The van der Waals surface area contributed by atoms with Gasteiger partial charge in [-0.1, -0.05) is 19.1 Å². The van der Waals surface area contributed by atoms with Gasteiger partial charge < -0.3 is 5.32 Å². The Morgan fingerprint density at radius 3 is 2.71 bits per heavy atom. The van der Waals surface area contributed by atoms with Crippen LogP contribution in [0.4, 0.5) is 0 Å². The van der Waals surface area contributed by atoms with Crippen LogP contribution in [-0.2, 0) is 16.6 Å². The Bertz CT molecular complexity index is 617. The van der Waals surface area contributed by atoms with Crippen molar-refractivity contribution < 1.29 is 8.42 Å². The molecule has 6 nitrogen and oxygen atoms in total. The van der Waals surface area contributed by atoms with E-state index >= 15 is 0 Å². The Hall–Kier alpha value is -1.18. The SMILES string of the molecule is C=C(C)CN(CC)S(=O)(=O)c1n[nH]c(C)c1CNC1CC1. The largest absolute Gasteiger partial charge is 0.310 e. The lowest BCUT2D eigenvalue weighted by Gasteiger charge is -2.20. The number of rotatable bonds is 8. The molecule has 0 unspecified atom stereocenters. The molecule has 0 aliphatic heterocycles. The third-order valence-electron chi connectivity index (χ3n) is 3.56. The topological polar surface area (TPSA) is 78.1 Å². The first-order chi connectivity index (χ1) is 9.86. The molecule has 0 radical (unpaired) electrons. The van der Waals surface area contributed by atoms with Crippen molar-refractivity contribution in [3.63, 3.8) is 0 Å². The second kappa shape index (κ2) is 6.29. The van der Waals surface area contributed by atoms with Gasteiger partial charge >= 0.3 is 0 Å². The average Bonchev–Trinajstić information content (AvgIpc) is 3.16. The van der Waals surface area contributed by atoms with Crippen LogP contribution < -0.4 is 5.32 Å². The minimum atomic E-state index is -3.59. The van der Waals surface area contributed by atoms with Gasteiger partial charge in [0, 0.05) is 36.9 Å². The maximum absolute atomic E-state index is 12.8. The summed E-state index contributed by atoms with van der Waals surface area (Å²) in [6, 6.07) is 0.521. The van der Waals surface area contributed by atoms with Crippen LogP contribution in [-0.4, -0.2) is 42.1 Å². The second-order valence-electron chi connectivity index (χ2n) is 5.68. The van der Waals surface area contributed by atoms with Gasteiger partial charge in [-0.2, -0.15) is 9.40 Å². The number of nitrogens with one attached hydrogen (secondary N) is 2. The predicted octanol–water partition coefficient (Wildman–Crippen LogP) is 1.56. The van der Waals surface area contributed by atoms with Crippen molar-refractivity contribution >= 4 is 10.0 Å². The summed E-state index contributed by atoms with van der Waals surface area (Å²) in [7, 11) is -3.59. The molecule has 1 aromatic rings. The zero-order valence-electron chi connectivity index (χ0n) is 12.9. The van der Waals surface area contributed by atoms with Gasteiger partial charge in [0.25, 0.3) is 10.0 Å². The van der Waals surface area contributed by atoms with E-state index in [0.29, 0.717) is 25.7 Å². The molecule has 1 aliphatic carbocycles. The molecule has 0 amide bonds. The maximum Gasteiger partial charge on any atom is 0.262 e. The number of aryl methyl sites for hydroxylation is 1. The summed E-state index contributed by atoms with van der Waals surface area (Å²) in [4.78, 5) is 0. The standard InChI is InChI=1S/C14H24N4O2S/c1-5-18(9-10(2)3)21(19,20)14-13(11(4)16-17-14)8-15-12-6-7-12/h12,15H,2,5-9H2,1,3-4H3,(H,16,17). The highest BCUT2D eigenvalue weighted by atomic mass is 32.2. The minimum Gasteiger partial charge on any atom is -0.310 e. The van der Waals surface area contributed by atoms with E-state index in [1.165, 1.54) is 4.31 Å². The second-order valence-corrected chi connectivity index (χ2v) is 7.53. The minimum absolute atomic E-state index is 0.135. The highest BCUT2D eigenvalue weighted by Crippen LogP contribution is 2.24. The van der Waals surface area contributed by atoms with Crippen LogP contribution in [0.25, 0.3) is 0 Å². The molecule has 0 atom stereocenters. The molecular weight excluding hydrogens is 288 g/mol. The van der Waals surface area contributed by atoms with Gasteiger partial charge in [0.1, 0.15) is 0 Å². The first-order valence-electron chi connectivity index (χ1n) is 7.28. The summed E-state index contributed by atoms with van der Waals surface area (Å²) in [5.41, 5.74) is 2.35. The Morgan fingerprint density at radius 1 is 1.52 bits per heavy atom. The predicted molar refractivity (Wildman–Crippen MR) is 82.4 cm³/mol. The van der Waals surface area contributed by atoms with Crippen LogP contribution in [0.3, 0.4) is 0 Å². The molecule has 21 heavy (non-hydrogen) atoms. The fourth-order valence-electron chi connectivity index (χ4n) is 2.18. The zero-order chi connectivity index (χ0) is 15.6. The maximum atomic E-state index is 12.8. The molecule has 1 fully saturated rings. The third kappa shape index (κ3) is 3.72. The van der Waals surface area contributed by atoms with E-state index in [0.717, 1.165) is 29.7 Å². The first kappa shape index (κ1) is 16.2. The van der Waals surface area contributed by atoms with E-state index < -0.39 is 10.0 Å². The number of nitrogens with zero attached hydrogens (tertiary/aromatic N) is 2. The van der Waals surface area contributed by atoms with Crippen LogP contribution in [0, 0.1) is 6.92 Å².